The average Bonchev–Trinajstić information content (AvgIpc) is 2.83. The predicted octanol–water partition coefficient (Wildman–Crippen LogP) is 1.29. The zero-order valence-corrected chi connectivity index (χ0v) is 16.3. The summed E-state index contributed by atoms with van der Waals surface area (Å²) in [6.07, 6.45) is 0.178. The van der Waals surface area contributed by atoms with Gasteiger partial charge in [0.25, 0.3) is 5.91 Å². The zero-order valence-electron chi connectivity index (χ0n) is 14.8. The molecule has 3 amide bonds. The molecule has 1 unspecified atom stereocenters. The molecule has 0 spiro atoms. The molecule has 1 aliphatic heterocycles. The van der Waals surface area contributed by atoms with Crippen LogP contribution < -0.4 is 10.7 Å². The van der Waals surface area contributed by atoms with Gasteiger partial charge in [0, 0.05) is 30.3 Å². The smallest absolute Gasteiger partial charge is 0.254 e. The molecule has 0 saturated carbocycles. The fourth-order valence-electron chi connectivity index (χ4n) is 2.63. The van der Waals surface area contributed by atoms with Gasteiger partial charge in [-0.05, 0) is 43.8 Å². The molecule has 146 valence electrons. The second-order valence-corrected chi connectivity index (χ2v) is 6.68. The van der Waals surface area contributed by atoms with Crippen molar-refractivity contribution < 1.29 is 19.5 Å². The molecule has 1 aromatic carbocycles. The molecule has 0 bridgehead atoms. The highest BCUT2D eigenvalue weighted by Gasteiger charge is 2.43. The van der Waals surface area contributed by atoms with E-state index in [1.54, 1.807) is 31.2 Å². The van der Waals surface area contributed by atoms with Gasteiger partial charge in [-0.3, -0.25) is 24.7 Å². The Morgan fingerprint density at radius 2 is 2.07 bits per heavy atom. The maximum atomic E-state index is 12.6. The lowest BCUT2D eigenvalue weighted by atomic mass is 10.2. The Morgan fingerprint density at radius 3 is 2.70 bits per heavy atom. The minimum Gasteiger partial charge on any atom is -0.396 e. The van der Waals surface area contributed by atoms with Crippen LogP contribution in [0.15, 0.2) is 24.3 Å². The van der Waals surface area contributed by atoms with Crippen molar-refractivity contribution >= 4 is 52.3 Å². The van der Waals surface area contributed by atoms with Crippen LogP contribution in [0.2, 0.25) is 5.02 Å². The van der Waals surface area contributed by atoms with Gasteiger partial charge in [0.1, 0.15) is 6.04 Å². The van der Waals surface area contributed by atoms with E-state index < -0.39 is 17.9 Å². The number of nitrogens with one attached hydrogen (secondary N) is 2. The minimum atomic E-state index is -0.935. The van der Waals surface area contributed by atoms with Crippen LogP contribution in [0.25, 0.3) is 0 Å². The van der Waals surface area contributed by atoms with Gasteiger partial charge in [0.05, 0.1) is 6.42 Å². The number of rotatable bonds is 8. The number of hydrogen-bond acceptors (Lipinski definition) is 5. The first-order valence-corrected chi connectivity index (χ1v) is 9.26. The Morgan fingerprint density at radius 1 is 1.33 bits per heavy atom. The first kappa shape index (κ1) is 21.1. The molecular formula is C17H21ClN4O4S. The SMILES string of the molecule is CCN1C(=O)C(CC(=O)Nc2cccc(Cl)c2)N(NC(=O)CCCO)C1=S. The molecule has 1 aliphatic rings. The number of carbonyl (C=O) groups excluding carboxylic acids is 3. The fraction of sp³-hybridized carbons (Fsp3) is 0.412. The number of nitrogens with zero attached hydrogens (tertiary/aromatic N) is 2. The number of anilines is 1. The van der Waals surface area contributed by atoms with E-state index in [1.165, 1.54) is 9.91 Å². The highest BCUT2D eigenvalue weighted by Crippen LogP contribution is 2.20. The number of carbonyl (C=O) groups is 3. The first-order chi connectivity index (χ1) is 12.9. The largest absolute Gasteiger partial charge is 0.396 e. The Kier molecular flexibility index (Phi) is 7.52. The number of benzene rings is 1. The Balaban J connectivity index is 2.09. The van der Waals surface area contributed by atoms with Crippen molar-refractivity contribution in [1.29, 1.82) is 0 Å². The third-order valence-corrected chi connectivity index (χ3v) is 4.56. The number of aliphatic hydroxyl groups is 1. The summed E-state index contributed by atoms with van der Waals surface area (Å²) < 4.78 is 0. The number of thiocarbonyl (C=S) groups is 1. The lowest BCUT2D eigenvalue weighted by Crippen LogP contribution is -2.49. The summed E-state index contributed by atoms with van der Waals surface area (Å²) in [7, 11) is 0. The van der Waals surface area contributed by atoms with Crippen molar-refractivity contribution in [3.05, 3.63) is 29.3 Å². The number of aliphatic hydroxyl groups excluding tert-OH is 1. The zero-order chi connectivity index (χ0) is 20.0. The van der Waals surface area contributed by atoms with Crippen LogP contribution >= 0.6 is 23.8 Å². The average molecular weight is 413 g/mol. The van der Waals surface area contributed by atoms with Crippen molar-refractivity contribution in [2.24, 2.45) is 0 Å². The van der Waals surface area contributed by atoms with Crippen LogP contribution in [0.5, 0.6) is 0 Å². The van der Waals surface area contributed by atoms with Crippen molar-refractivity contribution in [3.63, 3.8) is 0 Å². The first-order valence-electron chi connectivity index (χ1n) is 8.47. The van der Waals surface area contributed by atoms with E-state index in [-0.39, 0.29) is 36.9 Å². The highest BCUT2D eigenvalue weighted by atomic mass is 35.5. The number of hydrogen-bond donors (Lipinski definition) is 3. The summed E-state index contributed by atoms with van der Waals surface area (Å²) >= 11 is 11.2. The van der Waals surface area contributed by atoms with E-state index in [2.05, 4.69) is 10.7 Å². The van der Waals surface area contributed by atoms with Crippen LogP contribution in [0.3, 0.4) is 0 Å². The minimum absolute atomic E-state index is 0.0807. The van der Waals surface area contributed by atoms with Gasteiger partial charge in [0.2, 0.25) is 11.8 Å². The van der Waals surface area contributed by atoms with Crippen LogP contribution in [-0.2, 0) is 14.4 Å². The van der Waals surface area contributed by atoms with Gasteiger partial charge < -0.3 is 10.4 Å². The molecule has 1 saturated heterocycles. The van der Waals surface area contributed by atoms with Gasteiger partial charge in [0.15, 0.2) is 5.11 Å². The van der Waals surface area contributed by atoms with Crippen molar-refractivity contribution in [1.82, 2.24) is 15.3 Å². The normalized spacial score (nSPS) is 16.6. The van der Waals surface area contributed by atoms with E-state index in [1.807, 2.05) is 0 Å². The number of likely N-dealkylation sites (N-methyl/N-ethyl adjacent to an activating group) is 1. The van der Waals surface area contributed by atoms with E-state index in [0.29, 0.717) is 17.3 Å². The molecule has 1 aromatic rings. The molecule has 2 rings (SSSR count). The number of hydrazine groups is 1. The van der Waals surface area contributed by atoms with E-state index in [0.717, 1.165) is 0 Å². The topological polar surface area (TPSA) is 102 Å². The Bertz CT molecular complexity index is 745. The quantitative estimate of drug-likeness (QED) is 0.556. The third kappa shape index (κ3) is 5.38. The summed E-state index contributed by atoms with van der Waals surface area (Å²) in [5.74, 6) is -1.16. The lowest BCUT2D eigenvalue weighted by molar-refractivity contribution is -0.132. The molecule has 1 fully saturated rings. The van der Waals surface area contributed by atoms with E-state index in [9.17, 15) is 14.4 Å². The van der Waals surface area contributed by atoms with Crippen molar-refractivity contribution in [2.75, 3.05) is 18.5 Å². The third-order valence-electron chi connectivity index (χ3n) is 3.91. The van der Waals surface area contributed by atoms with Crippen molar-refractivity contribution in [3.8, 4) is 0 Å². The molecular weight excluding hydrogens is 392 g/mol. The summed E-state index contributed by atoms with van der Waals surface area (Å²) in [4.78, 5) is 38.3. The summed E-state index contributed by atoms with van der Waals surface area (Å²) in [6.45, 7) is 1.96. The van der Waals surface area contributed by atoms with Gasteiger partial charge in [-0.15, -0.1) is 0 Å². The van der Waals surface area contributed by atoms with Crippen LogP contribution in [-0.4, -0.2) is 57.0 Å². The fourth-order valence-corrected chi connectivity index (χ4v) is 3.21. The molecule has 0 radical (unpaired) electrons. The standard InChI is InChI=1S/C17H21ClN4O4S/c1-2-21-16(26)13(22(17(21)27)20-14(24)7-4-8-23)10-15(25)19-12-6-3-5-11(18)9-12/h3,5-6,9,13,23H,2,4,7-8,10H2,1H3,(H,19,25)(H,20,24). The lowest BCUT2D eigenvalue weighted by Gasteiger charge is -2.24. The maximum absolute atomic E-state index is 12.6. The van der Waals surface area contributed by atoms with Gasteiger partial charge >= 0.3 is 0 Å². The summed E-state index contributed by atoms with van der Waals surface area (Å²) in [6, 6.07) is 5.71. The monoisotopic (exact) mass is 412 g/mol. The number of halogens is 1. The molecule has 0 aliphatic carbocycles. The van der Waals surface area contributed by atoms with Crippen LogP contribution in [0, 0.1) is 0 Å². The van der Waals surface area contributed by atoms with E-state index >= 15 is 0 Å². The Hall–Kier alpha value is -2.23. The summed E-state index contributed by atoms with van der Waals surface area (Å²) in [5, 5.41) is 13.4. The second kappa shape index (κ2) is 9.63. The van der Waals surface area contributed by atoms with Crippen molar-refractivity contribution in [2.45, 2.75) is 32.2 Å². The van der Waals surface area contributed by atoms with Gasteiger partial charge in [-0.25, -0.2) is 5.01 Å². The molecule has 3 N–H and O–H groups in total. The molecule has 8 nitrogen and oxygen atoms in total. The molecule has 27 heavy (non-hydrogen) atoms. The summed E-state index contributed by atoms with van der Waals surface area (Å²) in [5.41, 5.74) is 3.07. The number of amides is 3. The molecule has 10 heteroatoms. The maximum Gasteiger partial charge on any atom is 0.254 e. The second-order valence-electron chi connectivity index (χ2n) is 5.88. The van der Waals surface area contributed by atoms with E-state index in [4.69, 9.17) is 28.9 Å². The Labute approximate surface area is 167 Å². The molecule has 0 aromatic heterocycles. The molecule has 1 atom stereocenters. The van der Waals surface area contributed by atoms with Crippen LogP contribution in [0.1, 0.15) is 26.2 Å². The highest BCUT2D eigenvalue weighted by molar-refractivity contribution is 7.80. The molecule has 1 heterocycles. The van der Waals surface area contributed by atoms with Gasteiger partial charge in [-0.2, -0.15) is 0 Å². The van der Waals surface area contributed by atoms with Crippen LogP contribution in [0.4, 0.5) is 5.69 Å². The van der Waals surface area contributed by atoms with Gasteiger partial charge in [-0.1, -0.05) is 17.7 Å². The predicted molar refractivity (Wildman–Crippen MR) is 105 cm³/mol.